The quantitative estimate of drug-likeness (QED) is 0.710. The van der Waals surface area contributed by atoms with Crippen molar-refractivity contribution in [2.45, 2.75) is 40.2 Å². The minimum atomic E-state index is -0.128. The Labute approximate surface area is 147 Å². The van der Waals surface area contributed by atoms with Gasteiger partial charge in [-0.05, 0) is 38.1 Å². The Balaban J connectivity index is 1.92. The molecule has 1 amide bonds. The first-order chi connectivity index (χ1) is 11.5. The van der Waals surface area contributed by atoms with E-state index in [9.17, 15) is 9.59 Å². The van der Waals surface area contributed by atoms with E-state index >= 15 is 0 Å². The van der Waals surface area contributed by atoms with Crippen LogP contribution in [0.15, 0.2) is 30.3 Å². The number of rotatable bonds is 8. The van der Waals surface area contributed by atoms with Gasteiger partial charge in [0.05, 0.1) is 0 Å². The van der Waals surface area contributed by atoms with Crippen LogP contribution in [-0.4, -0.2) is 18.2 Å². The topological polar surface area (TPSA) is 58.2 Å². The molecule has 128 valence electrons. The average molecular weight is 344 g/mol. The second-order valence-corrected chi connectivity index (χ2v) is 7.20. The first-order valence-corrected chi connectivity index (χ1v) is 9.01. The van der Waals surface area contributed by atoms with Gasteiger partial charge >= 0.3 is 0 Å². The Bertz CT molecular complexity index is 722. The number of amides is 1. The van der Waals surface area contributed by atoms with Crippen molar-refractivity contribution in [1.29, 1.82) is 0 Å². The van der Waals surface area contributed by atoms with Gasteiger partial charge in [-0.1, -0.05) is 25.1 Å². The highest BCUT2D eigenvalue weighted by Gasteiger charge is 2.14. The zero-order valence-electron chi connectivity index (χ0n) is 14.4. The van der Waals surface area contributed by atoms with Crippen LogP contribution in [-0.2, 0) is 11.3 Å². The molecule has 0 spiro atoms. The van der Waals surface area contributed by atoms with Crippen LogP contribution in [0.5, 0.6) is 0 Å². The lowest BCUT2D eigenvalue weighted by Crippen LogP contribution is -2.17. The summed E-state index contributed by atoms with van der Waals surface area (Å²) in [6.07, 6.45) is 0.431. The second kappa shape index (κ2) is 8.76. The summed E-state index contributed by atoms with van der Waals surface area (Å²) >= 11 is 1.62. The second-order valence-electron chi connectivity index (χ2n) is 5.74. The van der Waals surface area contributed by atoms with Crippen LogP contribution >= 0.6 is 11.3 Å². The van der Waals surface area contributed by atoms with Gasteiger partial charge in [-0.25, -0.2) is 0 Å². The summed E-state index contributed by atoms with van der Waals surface area (Å²) in [6, 6.07) is 9.63. The third kappa shape index (κ3) is 5.01. The highest BCUT2D eigenvalue weighted by molar-refractivity contribution is 7.12. The molecular weight excluding hydrogens is 320 g/mol. The van der Waals surface area contributed by atoms with E-state index in [1.54, 1.807) is 11.3 Å². The lowest BCUT2D eigenvalue weighted by molar-refractivity contribution is -0.116. The lowest BCUT2D eigenvalue weighted by Gasteiger charge is -2.11. The van der Waals surface area contributed by atoms with E-state index in [0.717, 1.165) is 33.1 Å². The molecule has 2 N–H and O–H groups in total. The number of Topliss-reactive ketones (excluding diaryl/α,β-unsaturated/α-hetero) is 1. The third-order valence-electron chi connectivity index (χ3n) is 3.78. The molecule has 1 heterocycles. The van der Waals surface area contributed by atoms with Gasteiger partial charge in [0.25, 0.3) is 0 Å². The molecule has 0 atom stereocenters. The zero-order chi connectivity index (χ0) is 17.5. The Hall–Kier alpha value is -1.98. The maximum Gasteiger partial charge on any atom is 0.224 e. The van der Waals surface area contributed by atoms with E-state index in [2.05, 4.69) is 10.6 Å². The number of benzene rings is 1. The van der Waals surface area contributed by atoms with Gasteiger partial charge in [0.2, 0.25) is 5.91 Å². The Morgan fingerprint density at radius 1 is 1.12 bits per heavy atom. The molecule has 2 aromatic rings. The standard InChI is InChI=1S/C19H24N2O2S/c1-4-20-12-15-7-5-6-8-17(15)21-19(23)10-9-18(22)16-11-13(2)24-14(16)3/h5-8,11,20H,4,9-10,12H2,1-3H3,(H,21,23). The van der Waals surface area contributed by atoms with Crippen LogP contribution in [0.25, 0.3) is 0 Å². The van der Waals surface area contributed by atoms with Crippen LogP contribution in [0.3, 0.4) is 0 Å². The van der Waals surface area contributed by atoms with Crippen molar-refractivity contribution >= 4 is 28.7 Å². The van der Waals surface area contributed by atoms with Crippen LogP contribution in [0, 0.1) is 13.8 Å². The van der Waals surface area contributed by atoms with Crippen LogP contribution in [0.1, 0.15) is 45.4 Å². The maximum absolute atomic E-state index is 12.3. The number of hydrogen-bond acceptors (Lipinski definition) is 4. The molecule has 4 nitrogen and oxygen atoms in total. The van der Waals surface area contributed by atoms with Crippen molar-refractivity contribution in [3.05, 3.63) is 51.2 Å². The summed E-state index contributed by atoms with van der Waals surface area (Å²) in [5.74, 6) is -0.0927. The molecule has 0 unspecified atom stereocenters. The first-order valence-electron chi connectivity index (χ1n) is 8.20. The zero-order valence-corrected chi connectivity index (χ0v) is 15.3. The molecule has 2 rings (SSSR count). The number of anilines is 1. The van der Waals surface area contributed by atoms with Gasteiger partial charge < -0.3 is 10.6 Å². The van der Waals surface area contributed by atoms with Gasteiger partial charge in [0, 0.05) is 40.4 Å². The summed E-state index contributed by atoms with van der Waals surface area (Å²) in [5, 5.41) is 6.17. The summed E-state index contributed by atoms with van der Waals surface area (Å²) < 4.78 is 0. The van der Waals surface area contributed by atoms with Crippen molar-refractivity contribution < 1.29 is 9.59 Å². The van der Waals surface area contributed by atoms with Crippen LogP contribution in [0.2, 0.25) is 0 Å². The smallest absolute Gasteiger partial charge is 0.224 e. The molecule has 0 aliphatic carbocycles. The molecule has 1 aromatic heterocycles. The molecular formula is C19H24N2O2S. The van der Waals surface area contributed by atoms with E-state index < -0.39 is 0 Å². The minimum Gasteiger partial charge on any atom is -0.326 e. The largest absolute Gasteiger partial charge is 0.326 e. The Kier molecular flexibility index (Phi) is 6.70. The predicted molar refractivity (Wildman–Crippen MR) is 99.8 cm³/mol. The highest BCUT2D eigenvalue weighted by Crippen LogP contribution is 2.22. The number of aryl methyl sites for hydroxylation is 2. The van der Waals surface area contributed by atoms with Gasteiger partial charge in [0.1, 0.15) is 0 Å². The van der Waals surface area contributed by atoms with Gasteiger partial charge in [0.15, 0.2) is 5.78 Å². The summed E-state index contributed by atoms with van der Waals surface area (Å²) in [5.41, 5.74) is 2.60. The molecule has 0 aliphatic heterocycles. The molecule has 0 saturated heterocycles. The molecule has 0 aliphatic rings. The van der Waals surface area contributed by atoms with Gasteiger partial charge in [-0.2, -0.15) is 0 Å². The Morgan fingerprint density at radius 3 is 2.54 bits per heavy atom. The van der Waals surface area contributed by atoms with Crippen molar-refractivity contribution in [2.24, 2.45) is 0 Å². The van der Waals surface area contributed by atoms with Crippen molar-refractivity contribution in [1.82, 2.24) is 5.32 Å². The number of thiophene rings is 1. The number of carbonyl (C=O) groups excluding carboxylic acids is 2. The summed E-state index contributed by atoms with van der Waals surface area (Å²) in [4.78, 5) is 26.6. The number of para-hydroxylation sites is 1. The Morgan fingerprint density at radius 2 is 1.88 bits per heavy atom. The molecule has 24 heavy (non-hydrogen) atoms. The summed E-state index contributed by atoms with van der Waals surface area (Å²) in [6.45, 7) is 7.56. The lowest BCUT2D eigenvalue weighted by atomic mass is 10.1. The van der Waals surface area contributed by atoms with Gasteiger partial charge in [-0.15, -0.1) is 11.3 Å². The van der Waals surface area contributed by atoms with Crippen molar-refractivity contribution in [3.8, 4) is 0 Å². The monoisotopic (exact) mass is 344 g/mol. The van der Waals surface area contributed by atoms with Gasteiger partial charge in [-0.3, -0.25) is 9.59 Å². The molecule has 5 heteroatoms. The number of hydrogen-bond donors (Lipinski definition) is 2. The minimum absolute atomic E-state index is 0.0351. The first kappa shape index (κ1) is 18.4. The normalized spacial score (nSPS) is 10.6. The number of carbonyl (C=O) groups is 2. The van der Waals surface area contributed by atoms with E-state index in [1.165, 1.54) is 0 Å². The molecule has 1 aromatic carbocycles. The fraction of sp³-hybridized carbons (Fsp3) is 0.368. The fourth-order valence-corrected chi connectivity index (χ4v) is 3.48. The van der Waals surface area contributed by atoms with E-state index in [-0.39, 0.29) is 24.5 Å². The van der Waals surface area contributed by atoms with E-state index in [4.69, 9.17) is 0 Å². The maximum atomic E-state index is 12.3. The van der Waals surface area contributed by atoms with Crippen molar-refractivity contribution in [2.75, 3.05) is 11.9 Å². The molecule has 0 saturated carbocycles. The molecule has 0 bridgehead atoms. The number of nitrogens with one attached hydrogen (secondary N) is 2. The fourth-order valence-electron chi connectivity index (χ4n) is 2.54. The van der Waals surface area contributed by atoms with Crippen LogP contribution < -0.4 is 10.6 Å². The number of ketones is 1. The SMILES string of the molecule is CCNCc1ccccc1NC(=O)CCC(=O)c1cc(C)sc1C. The van der Waals surface area contributed by atoms with Crippen molar-refractivity contribution in [3.63, 3.8) is 0 Å². The van der Waals surface area contributed by atoms with E-state index in [0.29, 0.717) is 6.54 Å². The summed E-state index contributed by atoms with van der Waals surface area (Å²) in [7, 11) is 0. The molecule has 0 radical (unpaired) electrons. The highest BCUT2D eigenvalue weighted by atomic mass is 32.1. The molecule has 0 fully saturated rings. The van der Waals surface area contributed by atoms with E-state index in [1.807, 2.05) is 51.1 Å². The van der Waals surface area contributed by atoms with Crippen LogP contribution in [0.4, 0.5) is 5.69 Å². The third-order valence-corrected chi connectivity index (χ3v) is 4.74. The average Bonchev–Trinajstić information content (AvgIpc) is 2.90. The predicted octanol–water partition coefficient (Wildman–Crippen LogP) is 4.08.